The number of hydrogen-bond acceptors (Lipinski definition) is 5. The molecule has 0 unspecified atom stereocenters. The predicted octanol–water partition coefficient (Wildman–Crippen LogP) is 3.18. The van der Waals surface area contributed by atoms with Crippen molar-refractivity contribution >= 4 is 5.97 Å². The number of fused-ring (bicyclic) bond motifs is 1. The second kappa shape index (κ2) is 6.20. The van der Waals surface area contributed by atoms with E-state index in [1.54, 1.807) is 25.3 Å². The standard InChI is InChI=1S/C18H18O5/c1-11(19)22-10-16-15-9-13(20)5-8-17(15)23-18(16)12-3-6-14(21-2)7-4-12/h3-9,16,18,20H,10H2,1-2H3/t16-,18+/m1/s1. The van der Waals surface area contributed by atoms with Gasteiger partial charge in [-0.15, -0.1) is 0 Å². The first kappa shape index (κ1) is 15.2. The SMILES string of the molecule is COc1ccc([C@@H]2Oc3ccc(O)cc3[C@H]2COC(C)=O)cc1. The first-order valence-electron chi connectivity index (χ1n) is 7.35. The molecule has 0 radical (unpaired) electrons. The molecule has 0 amide bonds. The summed E-state index contributed by atoms with van der Waals surface area (Å²) in [6.45, 7) is 1.57. The average Bonchev–Trinajstić information content (AvgIpc) is 2.90. The molecule has 1 N–H and O–H groups in total. The van der Waals surface area contributed by atoms with Crippen molar-refractivity contribution in [2.24, 2.45) is 0 Å². The molecule has 0 spiro atoms. The molecule has 3 rings (SSSR count). The number of hydrogen-bond donors (Lipinski definition) is 1. The van der Waals surface area contributed by atoms with Gasteiger partial charge in [0.15, 0.2) is 0 Å². The lowest BCUT2D eigenvalue weighted by Gasteiger charge is -2.19. The first-order valence-corrected chi connectivity index (χ1v) is 7.35. The Morgan fingerprint density at radius 2 is 1.96 bits per heavy atom. The van der Waals surface area contributed by atoms with Gasteiger partial charge in [-0.1, -0.05) is 12.1 Å². The summed E-state index contributed by atoms with van der Waals surface area (Å²) in [5.74, 6) is 1.11. The zero-order valence-electron chi connectivity index (χ0n) is 13.0. The fourth-order valence-electron chi connectivity index (χ4n) is 2.79. The highest BCUT2D eigenvalue weighted by Gasteiger charge is 2.36. The molecule has 5 nitrogen and oxygen atoms in total. The number of esters is 1. The van der Waals surface area contributed by atoms with E-state index in [0.29, 0.717) is 5.75 Å². The van der Waals surface area contributed by atoms with Gasteiger partial charge >= 0.3 is 5.97 Å². The molecular weight excluding hydrogens is 296 g/mol. The minimum atomic E-state index is -0.341. The van der Waals surface area contributed by atoms with Crippen LogP contribution in [-0.4, -0.2) is 24.8 Å². The van der Waals surface area contributed by atoms with Crippen LogP contribution in [0.25, 0.3) is 0 Å². The highest BCUT2D eigenvalue weighted by molar-refractivity contribution is 5.66. The van der Waals surface area contributed by atoms with Crippen LogP contribution < -0.4 is 9.47 Å². The minimum Gasteiger partial charge on any atom is -0.508 e. The molecule has 1 aliphatic rings. The number of phenolic OH excluding ortho intramolecular Hbond substituents is 1. The van der Waals surface area contributed by atoms with Gasteiger partial charge in [-0.3, -0.25) is 4.79 Å². The monoisotopic (exact) mass is 314 g/mol. The molecule has 0 bridgehead atoms. The first-order chi connectivity index (χ1) is 11.1. The molecule has 0 saturated carbocycles. The van der Waals surface area contributed by atoms with E-state index in [4.69, 9.17) is 14.2 Å². The molecule has 0 fully saturated rings. The van der Waals surface area contributed by atoms with Crippen molar-refractivity contribution in [3.63, 3.8) is 0 Å². The van der Waals surface area contributed by atoms with E-state index >= 15 is 0 Å². The quantitative estimate of drug-likeness (QED) is 0.878. The van der Waals surface area contributed by atoms with E-state index in [1.807, 2.05) is 24.3 Å². The molecule has 23 heavy (non-hydrogen) atoms. The summed E-state index contributed by atoms with van der Waals surface area (Å²) in [4.78, 5) is 11.2. The van der Waals surface area contributed by atoms with Gasteiger partial charge in [-0.05, 0) is 35.9 Å². The highest BCUT2D eigenvalue weighted by atomic mass is 16.5. The van der Waals surface area contributed by atoms with Crippen LogP contribution in [0.3, 0.4) is 0 Å². The van der Waals surface area contributed by atoms with Crippen molar-refractivity contribution in [1.82, 2.24) is 0 Å². The maximum atomic E-state index is 11.2. The molecule has 2 aromatic rings. The number of carbonyl (C=O) groups excluding carboxylic acids is 1. The van der Waals surface area contributed by atoms with E-state index in [-0.39, 0.29) is 30.3 Å². The zero-order chi connectivity index (χ0) is 16.4. The molecule has 0 aromatic heterocycles. The maximum Gasteiger partial charge on any atom is 0.302 e. The van der Waals surface area contributed by atoms with E-state index in [0.717, 1.165) is 16.9 Å². The van der Waals surface area contributed by atoms with Gasteiger partial charge in [-0.25, -0.2) is 0 Å². The Hall–Kier alpha value is -2.69. The Morgan fingerprint density at radius 3 is 2.61 bits per heavy atom. The van der Waals surface area contributed by atoms with Crippen LogP contribution in [0.4, 0.5) is 0 Å². The molecular formula is C18H18O5. The largest absolute Gasteiger partial charge is 0.508 e. The van der Waals surface area contributed by atoms with Crippen LogP contribution in [0.2, 0.25) is 0 Å². The molecule has 2 aromatic carbocycles. The lowest BCUT2D eigenvalue weighted by Crippen LogP contribution is -2.17. The third-order valence-electron chi connectivity index (χ3n) is 3.92. The molecule has 120 valence electrons. The maximum absolute atomic E-state index is 11.2. The van der Waals surface area contributed by atoms with Gasteiger partial charge in [0.1, 0.15) is 30.0 Å². The predicted molar refractivity (Wildman–Crippen MR) is 83.8 cm³/mol. The average molecular weight is 314 g/mol. The van der Waals surface area contributed by atoms with Gasteiger partial charge < -0.3 is 19.3 Å². The Bertz CT molecular complexity index is 708. The highest BCUT2D eigenvalue weighted by Crippen LogP contribution is 2.47. The van der Waals surface area contributed by atoms with Crippen molar-refractivity contribution in [2.45, 2.75) is 18.9 Å². The lowest BCUT2D eigenvalue weighted by atomic mass is 9.91. The number of benzene rings is 2. The summed E-state index contributed by atoms with van der Waals surface area (Å²) in [5.41, 5.74) is 1.80. The van der Waals surface area contributed by atoms with Crippen LogP contribution in [0.15, 0.2) is 42.5 Å². The van der Waals surface area contributed by atoms with Crippen LogP contribution in [0, 0.1) is 0 Å². The number of aromatic hydroxyl groups is 1. The van der Waals surface area contributed by atoms with Crippen LogP contribution in [-0.2, 0) is 9.53 Å². The fourth-order valence-corrected chi connectivity index (χ4v) is 2.79. The second-order valence-electron chi connectivity index (χ2n) is 5.44. The van der Waals surface area contributed by atoms with Crippen molar-refractivity contribution in [2.75, 3.05) is 13.7 Å². The third-order valence-corrected chi connectivity index (χ3v) is 3.92. The van der Waals surface area contributed by atoms with E-state index in [1.165, 1.54) is 6.92 Å². The zero-order valence-corrected chi connectivity index (χ0v) is 13.0. The topological polar surface area (TPSA) is 65.0 Å². The number of rotatable bonds is 4. The molecule has 0 aliphatic carbocycles. The summed E-state index contributed by atoms with van der Waals surface area (Å²) in [6.07, 6.45) is -0.281. The Balaban J connectivity index is 1.93. The summed E-state index contributed by atoms with van der Waals surface area (Å²) in [5, 5.41) is 9.74. The van der Waals surface area contributed by atoms with Crippen molar-refractivity contribution < 1.29 is 24.1 Å². The van der Waals surface area contributed by atoms with Gasteiger partial charge in [0, 0.05) is 12.5 Å². The minimum absolute atomic E-state index is 0.163. The third kappa shape index (κ3) is 3.08. The van der Waals surface area contributed by atoms with Crippen LogP contribution in [0.5, 0.6) is 17.2 Å². The molecule has 2 atom stereocenters. The van der Waals surface area contributed by atoms with Gasteiger partial charge in [0.05, 0.1) is 13.0 Å². The van der Waals surface area contributed by atoms with Crippen molar-refractivity contribution in [3.05, 3.63) is 53.6 Å². The van der Waals surface area contributed by atoms with E-state index in [2.05, 4.69) is 0 Å². The smallest absolute Gasteiger partial charge is 0.302 e. The van der Waals surface area contributed by atoms with Crippen LogP contribution in [0.1, 0.15) is 30.1 Å². The van der Waals surface area contributed by atoms with Gasteiger partial charge in [0.25, 0.3) is 0 Å². The Labute approximate surface area is 134 Å². The van der Waals surface area contributed by atoms with E-state index < -0.39 is 0 Å². The van der Waals surface area contributed by atoms with Gasteiger partial charge in [0.2, 0.25) is 0 Å². The van der Waals surface area contributed by atoms with E-state index in [9.17, 15) is 9.90 Å². The molecule has 5 heteroatoms. The fraction of sp³-hybridized carbons (Fsp3) is 0.278. The summed E-state index contributed by atoms with van der Waals surface area (Å²) in [6, 6.07) is 12.6. The lowest BCUT2D eigenvalue weighted by molar-refractivity contribution is -0.141. The number of phenols is 1. The normalized spacial score (nSPS) is 18.9. The number of ether oxygens (including phenoxy) is 3. The van der Waals surface area contributed by atoms with Crippen molar-refractivity contribution in [1.29, 1.82) is 0 Å². The summed E-state index contributed by atoms with van der Waals surface area (Å²) in [7, 11) is 1.61. The molecule has 0 saturated heterocycles. The Morgan fingerprint density at radius 1 is 1.22 bits per heavy atom. The van der Waals surface area contributed by atoms with Crippen LogP contribution >= 0.6 is 0 Å². The van der Waals surface area contributed by atoms with Gasteiger partial charge in [-0.2, -0.15) is 0 Å². The van der Waals surface area contributed by atoms with Crippen molar-refractivity contribution in [3.8, 4) is 17.2 Å². The summed E-state index contributed by atoms with van der Waals surface area (Å²) >= 11 is 0. The molecule has 1 heterocycles. The number of carbonyl (C=O) groups is 1. The molecule has 1 aliphatic heterocycles. The second-order valence-corrected chi connectivity index (χ2v) is 5.44. The summed E-state index contributed by atoms with van der Waals surface area (Å²) < 4.78 is 16.4. The number of methoxy groups -OCH3 is 1. The Kier molecular flexibility index (Phi) is 4.10.